The zero-order valence-corrected chi connectivity index (χ0v) is 26.8. The molecule has 33 heavy (non-hydrogen) atoms. The van der Waals surface area contributed by atoms with Crippen molar-refractivity contribution >= 4 is 0 Å². The van der Waals surface area contributed by atoms with Crippen LogP contribution in [0, 0.1) is 0 Å². The minimum Gasteiger partial charge on any atom is -1.00 e. The molecule has 0 spiro atoms. The summed E-state index contributed by atoms with van der Waals surface area (Å²) in [4.78, 5) is 0. The second-order valence-electron chi connectivity index (χ2n) is 11.3. The van der Waals surface area contributed by atoms with Crippen molar-refractivity contribution in [3.05, 3.63) is 0 Å². The molecular formula is C28H62Br2N2O. The van der Waals surface area contributed by atoms with Gasteiger partial charge in [-0.05, 0) is 25.7 Å². The molecule has 0 heterocycles. The van der Waals surface area contributed by atoms with Gasteiger partial charge in [0.2, 0.25) is 0 Å². The van der Waals surface area contributed by atoms with Gasteiger partial charge in [-0.1, -0.05) is 90.9 Å². The Kier molecular flexibility index (Phi) is 30.1. The van der Waals surface area contributed by atoms with Crippen LogP contribution in [0.2, 0.25) is 0 Å². The number of rotatable bonds is 24. The first-order chi connectivity index (χ1) is 14.8. The first-order valence-electron chi connectivity index (χ1n) is 14.0. The number of halogens is 2. The number of nitrogens with zero attached hydrogens (tertiary/aromatic N) is 2. The molecule has 0 bridgehead atoms. The van der Waals surface area contributed by atoms with Crippen LogP contribution >= 0.6 is 0 Å². The highest BCUT2D eigenvalue weighted by atomic mass is 79.9. The van der Waals surface area contributed by atoms with Gasteiger partial charge in [-0.25, -0.2) is 0 Å². The van der Waals surface area contributed by atoms with E-state index in [1.54, 1.807) is 0 Å². The number of ether oxygens (including phenoxy) is 1. The molecule has 0 saturated carbocycles. The van der Waals surface area contributed by atoms with Gasteiger partial charge < -0.3 is 47.7 Å². The fourth-order valence-corrected chi connectivity index (χ4v) is 4.30. The third-order valence-corrected chi connectivity index (χ3v) is 6.92. The molecule has 0 fully saturated rings. The van der Waals surface area contributed by atoms with Crippen molar-refractivity contribution in [2.24, 2.45) is 0 Å². The van der Waals surface area contributed by atoms with Crippen molar-refractivity contribution in [1.82, 2.24) is 0 Å². The second-order valence-corrected chi connectivity index (χ2v) is 11.3. The van der Waals surface area contributed by atoms with Crippen LogP contribution in [0.3, 0.4) is 0 Å². The molecule has 0 aromatic carbocycles. The molecule has 0 aliphatic heterocycles. The van der Waals surface area contributed by atoms with E-state index in [1.165, 1.54) is 116 Å². The number of hydrogen-bond acceptors (Lipinski definition) is 1. The molecular weight excluding hydrogens is 540 g/mol. The molecule has 0 aromatic heterocycles. The molecule has 0 aliphatic rings. The molecule has 0 unspecified atom stereocenters. The van der Waals surface area contributed by atoms with Crippen LogP contribution in [0.25, 0.3) is 0 Å². The molecule has 0 saturated heterocycles. The van der Waals surface area contributed by atoms with E-state index < -0.39 is 0 Å². The Morgan fingerprint density at radius 2 is 0.667 bits per heavy atom. The number of unbranched alkanes of at least 4 members (excludes halogenated alkanes) is 14. The van der Waals surface area contributed by atoms with Crippen molar-refractivity contribution in [3.8, 4) is 0 Å². The Bertz CT molecular complexity index is 345. The van der Waals surface area contributed by atoms with Crippen LogP contribution in [0.15, 0.2) is 0 Å². The minimum atomic E-state index is 0. The monoisotopic (exact) mass is 600 g/mol. The molecule has 0 rings (SSSR count). The molecule has 0 N–H and O–H groups in total. The van der Waals surface area contributed by atoms with Crippen LogP contribution in [-0.2, 0) is 4.74 Å². The normalized spacial score (nSPS) is 11.8. The van der Waals surface area contributed by atoms with Crippen molar-refractivity contribution in [3.63, 3.8) is 0 Å². The largest absolute Gasteiger partial charge is 1.00 e. The maximum Gasteiger partial charge on any atom is 0.102 e. The predicted molar refractivity (Wildman–Crippen MR) is 140 cm³/mol. The first-order valence-corrected chi connectivity index (χ1v) is 14.0. The highest BCUT2D eigenvalue weighted by Crippen LogP contribution is 2.11. The SMILES string of the molecule is CCCCCCCCCC[N+](C)(C)CCOCC[N+](C)(C)CCCCCCCCCC.[Br-].[Br-]. The minimum absolute atomic E-state index is 0. The Morgan fingerprint density at radius 1 is 0.394 bits per heavy atom. The Labute approximate surface area is 231 Å². The second kappa shape index (κ2) is 25.9. The number of hydrogen-bond donors (Lipinski definition) is 0. The highest BCUT2D eigenvalue weighted by molar-refractivity contribution is 4.48. The highest BCUT2D eigenvalue weighted by Gasteiger charge is 2.16. The summed E-state index contributed by atoms with van der Waals surface area (Å²) in [6, 6.07) is 0. The van der Waals surface area contributed by atoms with Gasteiger partial charge in [-0.3, -0.25) is 0 Å². The number of likely N-dealkylation sites (N-methyl/N-ethyl adjacent to an activating group) is 2. The molecule has 0 radical (unpaired) electrons. The fourth-order valence-electron chi connectivity index (χ4n) is 4.30. The van der Waals surface area contributed by atoms with Gasteiger partial charge in [0.05, 0.1) is 54.5 Å². The van der Waals surface area contributed by atoms with E-state index in [0.29, 0.717) is 0 Å². The molecule has 0 amide bonds. The summed E-state index contributed by atoms with van der Waals surface area (Å²) in [5, 5.41) is 0. The van der Waals surface area contributed by atoms with Crippen LogP contribution < -0.4 is 34.0 Å². The van der Waals surface area contributed by atoms with E-state index in [4.69, 9.17) is 4.74 Å². The van der Waals surface area contributed by atoms with Crippen molar-refractivity contribution < 1.29 is 47.7 Å². The third kappa shape index (κ3) is 29.0. The lowest BCUT2D eigenvalue weighted by atomic mass is 10.1. The lowest BCUT2D eigenvalue weighted by Gasteiger charge is -2.31. The lowest BCUT2D eigenvalue weighted by Crippen LogP contribution is -3.00. The average Bonchev–Trinajstić information content (AvgIpc) is 2.71. The van der Waals surface area contributed by atoms with Gasteiger partial charge in [0, 0.05) is 0 Å². The quantitative estimate of drug-likeness (QED) is 0.120. The van der Waals surface area contributed by atoms with E-state index >= 15 is 0 Å². The molecule has 3 nitrogen and oxygen atoms in total. The fraction of sp³-hybridized carbons (Fsp3) is 1.00. The Hall–Kier alpha value is 0.840. The zero-order valence-electron chi connectivity index (χ0n) is 23.6. The maximum atomic E-state index is 6.04. The Morgan fingerprint density at radius 3 is 0.970 bits per heavy atom. The van der Waals surface area contributed by atoms with Crippen LogP contribution in [0.5, 0.6) is 0 Å². The van der Waals surface area contributed by atoms with Crippen molar-refractivity contribution in [2.75, 3.05) is 67.6 Å². The number of quaternary nitrogens is 2. The van der Waals surface area contributed by atoms with E-state index in [2.05, 4.69) is 42.0 Å². The van der Waals surface area contributed by atoms with Crippen LogP contribution in [0.1, 0.15) is 117 Å². The van der Waals surface area contributed by atoms with Gasteiger partial charge >= 0.3 is 0 Å². The van der Waals surface area contributed by atoms with E-state index in [0.717, 1.165) is 35.3 Å². The van der Waals surface area contributed by atoms with Crippen LogP contribution in [0.4, 0.5) is 0 Å². The van der Waals surface area contributed by atoms with Crippen molar-refractivity contribution in [2.45, 2.75) is 117 Å². The summed E-state index contributed by atoms with van der Waals surface area (Å²) in [6.07, 6.45) is 22.5. The van der Waals surface area contributed by atoms with Gasteiger partial charge in [-0.15, -0.1) is 0 Å². The average molecular weight is 603 g/mol. The van der Waals surface area contributed by atoms with Gasteiger partial charge in [0.15, 0.2) is 0 Å². The van der Waals surface area contributed by atoms with E-state index in [9.17, 15) is 0 Å². The van der Waals surface area contributed by atoms with Gasteiger partial charge in [0.1, 0.15) is 13.1 Å². The molecule has 5 heteroatoms. The Balaban J connectivity index is -0.00000450. The molecule has 0 aliphatic carbocycles. The molecule has 204 valence electrons. The van der Waals surface area contributed by atoms with E-state index in [1.807, 2.05) is 0 Å². The molecule has 0 atom stereocenters. The predicted octanol–water partition coefficient (Wildman–Crippen LogP) is 1.45. The first kappa shape index (κ1) is 38.4. The summed E-state index contributed by atoms with van der Waals surface area (Å²) < 4.78 is 8.25. The van der Waals surface area contributed by atoms with Crippen LogP contribution in [-0.4, -0.2) is 76.5 Å². The summed E-state index contributed by atoms with van der Waals surface area (Å²) in [6.45, 7) is 11.3. The zero-order chi connectivity index (χ0) is 23.3. The van der Waals surface area contributed by atoms with E-state index in [-0.39, 0.29) is 34.0 Å². The summed E-state index contributed by atoms with van der Waals surface area (Å²) in [7, 11) is 9.47. The summed E-state index contributed by atoms with van der Waals surface area (Å²) in [5.41, 5.74) is 0. The standard InChI is InChI=1S/C28H62N2O.2BrH/c1-7-9-11-13-15-17-19-21-23-29(3,4)25-27-31-28-26-30(5,6)24-22-20-18-16-14-12-10-8-2;;/h7-28H2,1-6H3;2*1H/q+2;;/p-2. The maximum absolute atomic E-state index is 6.04. The summed E-state index contributed by atoms with van der Waals surface area (Å²) in [5.74, 6) is 0. The van der Waals surface area contributed by atoms with Crippen molar-refractivity contribution in [1.29, 1.82) is 0 Å². The third-order valence-electron chi connectivity index (χ3n) is 6.92. The van der Waals surface area contributed by atoms with Gasteiger partial charge in [0.25, 0.3) is 0 Å². The molecule has 0 aromatic rings. The smallest absolute Gasteiger partial charge is 0.102 e. The summed E-state index contributed by atoms with van der Waals surface area (Å²) >= 11 is 0. The van der Waals surface area contributed by atoms with Gasteiger partial charge in [-0.2, -0.15) is 0 Å². The topological polar surface area (TPSA) is 9.23 Å². The lowest BCUT2D eigenvalue weighted by molar-refractivity contribution is -0.894.